The molecular weight excluding hydrogens is 318 g/mol. The van der Waals surface area contributed by atoms with E-state index in [1.165, 1.54) is 10.4 Å². The molecule has 2 nitrogen and oxygen atoms in total. The molecule has 1 N–H and O–H groups in total. The van der Waals surface area contributed by atoms with E-state index in [4.69, 9.17) is 16.7 Å². The van der Waals surface area contributed by atoms with Crippen molar-refractivity contribution in [1.82, 2.24) is 5.48 Å². The Morgan fingerprint density at radius 1 is 0.957 bits per heavy atom. The lowest BCUT2D eigenvalue weighted by molar-refractivity contribution is 0.244. The van der Waals surface area contributed by atoms with Gasteiger partial charge in [0.05, 0.1) is 4.99 Å². The van der Waals surface area contributed by atoms with Gasteiger partial charge in [0.15, 0.2) is 0 Å². The first-order valence-electron chi connectivity index (χ1n) is 7.99. The summed E-state index contributed by atoms with van der Waals surface area (Å²) in [5, 5.41) is 2.43. The van der Waals surface area contributed by atoms with Gasteiger partial charge in [-0.1, -0.05) is 101 Å². The van der Waals surface area contributed by atoms with Crippen molar-refractivity contribution in [3.8, 4) is 0 Å². The topological polar surface area (TPSA) is 21.3 Å². The number of rotatable bonds is 5. The third-order valence-corrected chi connectivity index (χ3v) is 9.24. The number of nitrogens with one attached hydrogen (secondary N) is 1. The van der Waals surface area contributed by atoms with Crippen molar-refractivity contribution < 1.29 is 4.53 Å². The lowest BCUT2D eigenvalue weighted by Crippen LogP contribution is -2.68. The molecule has 2 aromatic rings. The number of hydrogen-bond acceptors (Lipinski definition) is 2. The molecule has 0 unspecified atom stereocenters. The molecule has 23 heavy (non-hydrogen) atoms. The van der Waals surface area contributed by atoms with Crippen LogP contribution in [0.1, 0.15) is 34.1 Å². The van der Waals surface area contributed by atoms with E-state index in [0.717, 1.165) is 11.4 Å². The second-order valence-corrected chi connectivity index (χ2v) is 11.4. The molecule has 0 aromatic heterocycles. The van der Waals surface area contributed by atoms with Crippen molar-refractivity contribution >= 4 is 35.9 Å². The van der Waals surface area contributed by atoms with Gasteiger partial charge in [-0.3, -0.25) is 5.48 Å². The van der Waals surface area contributed by atoms with E-state index in [2.05, 4.69) is 74.8 Å². The van der Waals surface area contributed by atoms with Gasteiger partial charge < -0.3 is 4.53 Å². The molecule has 0 aliphatic rings. The zero-order valence-electron chi connectivity index (χ0n) is 14.3. The van der Waals surface area contributed by atoms with Gasteiger partial charge in [0.2, 0.25) is 0 Å². The predicted octanol–water partition coefficient (Wildman–Crippen LogP) is 3.81. The molecule has 0 aliphatic carbocycles. The van der Waals surface area contributed by atoms with Crippen molar-refractivity contribution in [3.63, 3.8) is 0 Å². The van der Waals surface area contributed by atoms with Gasteiger partial charge in [0.1, 0.15) is 0 Å². The average Bonchev–Trinajstić information content (AvgIpc) is 2.56. The largest absolute Gasteiger partial charge is 0.310 e. The van der Waals surface area contributed by atoms with E-state index >= 15 is 0 Å². The van der Waals surface area contributed by atoms with E-state index < -0.39 is 8.32 Å². The fourth-order valence-electron chi connectivity index (χ4n) is 2.85. The van der Waals surface area contributed by atoms with Crippen LogP contribution in [-0.2, 0) is 4.53 Å². The summed E-state index contributed by atoms with van der Waals surface area (Å²) in [4.78, 5) is 0.734. The van der Waals surface area contributed by atoms with Crippen molar-refractivity contribution in [2.75, 3.05) is 0 Å². The van der Waals surface area contributed by atoms with Gasteiger partial charge in [0.25, 0.3) is 8.32 Å². The summed E-state index contributed by atoms with van der Waals surface area (Å²) in [6.45, 7) is 8.77. The van der Waals surface area contributed by atoms with Crippen LogP contribution in [0.25, 0.3) is 0 Å². The lowest BCUT2D eigenvalue weighted by atomic mass is 10.2. The van der Waals surface area contributed by atoms with E-state index in [-0.39, 0.29) is 5.04 Å². The minimum Gasteiger partial charge on any atom is -0.310 e. The maximum absolute atomic E-state index is 6.47. The van der Waals surface area contributed by atoms with Crippen LogP contribution in [0.4, 0.5) is 0 Å². The minimum atomic E-state index is -2.53. The van der Waals surface area contributed by atoms with Crippen LogP contribution in [0.3, 0.4) is 0 Å². The zero-order chi connectivity index (χ0) is 16.9. The summed E-state index contributed by atoms with van der Waals surface area (Å²) in [5.41, 5.74) is 3.07. The summed E-state index contributed by atoms with van der Waals surface area (Å²) in [6, 6.07) is 21.1. The van der Waals surface area contributed by atoms with E-state index in [1.54, 1.807) is 0 Å². The third kappa shape index (κ3) is 3.71. The van der Waals surface area contributed by atoms with Crippen molar-refractivity contribution in [3.05, 3.63) is 60.7 Å². The highest BCUT2D eigenvalue weighted by Gasteiger charge is 2.51. The Morgan fingerprint density at radius 2 is 1.39 bits per heavy atom. The van der Waals surface area contributed by atoms with Crippen LogP contribution in [0, 0.1) is 0 Å². The van der Waals surface area contributed by atoms with Crippen molar-refractivity contribution in [2.45, 2.75) is 39.2 Å². The molecule has 122 valence electrons. The van der Waals surface area contributed by atoms with Gasteiger partial charge in [0, 0.05) is 0 Å². The number of benzene rings is 2. The summed E-state index contributed by atoms with van der Waals surface area (Å²) in [7, 11) is -2.53. The van der Waals surface area contributed by atoms with Crippen LogP contribution in [0.5, 0.6) is 0 Å². The molecule has 0 saturated carbocycles. The lowest BCUT2D eigenvalue weighted by Gasteiger charge is -2.42. The standard InChI is InChI=1S/C19H25NOSSi/c1-5-18(22)20-21-23(19(2,3)4,16-12-8-6-9-13-16)17-14-10-7-11-15-17/h6-15H,5H2,1-4H3,(H,20,22). The summed E-state index contributed by atoms with van der Waals surface area (Å²) < 4.78 is 6.47. The van der Waals surface area contributed by atoms with E-state index in [9.17, 15) is 0 Å². The van der Waals surface area contributed by atoms with Gasteiger partial charge in [-0.15, -0.1) is 0 Å². The molecule has 0 aliphatic heterocycles. The maximum atomic E-state index is 6.47. The highest BCUT2D eigenvalue weighted by Crippen LogP contribution is 2.36. The molecule has 0 atom stereocenters. The quantitative estimate of drug-likeness (QED) is 0.507. The Labute approximate surface area is 146 Å². The van der Waals surface area contributed by atoms with Crippen molar-refractivity contribution in [1.29, 1.82) is 0 Å². The smallest absolute Gasteiger partial charge is 0.295 e. The highest BCUT2D eigenvalue weighted by atomic mass is 32.1. The molecule has 2 aromatic carbocycles. The van der Waals surface area contributed by atoms with Crippen LogP contribution >= 0.6 is 12.2 Å². The molecule has 0 saturated heterocycles. The molecular formula is C19H25NOSSi. The normalized spacial score (nSPS) is 12.0. The first-order chi connectivity index (χ1) is 10.9. The monoisotopic (exact) mass is 343 g/mol. The van der Waals surface area contributed by atoms with Crippen molar-refractivity contribution in [2.24, 2.45) is 0 Å². The maximum Gasteiger partial charge on any atom is 0.295 e. The third-order valence-electron chi connectivity index (χ3n) is 4.06. The summed E-state index contributed by atoms with van der Waals surface area (Å²) in [5.74, 6) is 0. The Bertz CT molecular complexity index is 598. The fraction of sp³-hybridized carbons (Fsp3) is 0.316. The first kappa shape index (κ1) is 17.9. The second kappa shape index (κ2) is 7.38. The van der Waals surface area contributed by atoms with Crippen LogP contribution in [0.2, 0.25) is 5.04 Å². The minimum absolute atomic E-state index is 0.0495. The molecule has 4 heteroatoms. The Balaban J connectivity index is 2.62. The molecule has 0 spiro atoms. The molecule has 0 heterocycles. The highest BCUT2D eigenvalue weighted by molar-refractivity contribution is 7.80. The average molecular weight is 344 g/mol. The number of hydrogen-bond donors (Lipinski definition) is 1. The molecule has 2 rings (SSSR count). The second-order valence-electron chi connectivity index (χ2n) is 6.64. The Hall–Kier alpha value is -1.49. The number of hydroxylamine groups is 1. The van der Waals surface area contributed by atoms with Crippen LogP contribution in [-0.4, -0.2) is 13.3 Å². The van der Waals surface area contributed by atoms with E-state index in [1.807, 2.05) is 19.1 Å². The Morgan fingerprint density at radius 3 is 1.74 bits per heavy atom. The summed E-state index contributed by atoms with van der Waals surface area (Å²) >= 11 is 5.33. The predicted molar refractivity (Wildman–Crippen MR) is 105 cm³/mol. The molecule has 0 amide bonds. The van der Waals surface area contributed by atoms with Crippen LogP contribution < -0.4 is 15.9 Å². The molecule has 0 radical (unpaired) electrons. The summed E-state index contributed by atoms with van der Waals surface area (Å²) in [6.07, 6.45) is 0.771. The number of thiocarbonyl (C=S) groups is 1. The molecule has 0 fully saturated rings. The van der Waals surface area contributed by atoms with Gasteiger partial charge in [-0.05, 0) is 21.8 Å². The fourth-order valence-corrected chi connectivity index (χ4v) is 7.18. The molecule has 0 bridgehead atoms. The van der Waals surface area contributed by atoms with Gasteiger partial charge in [-0.2, -0.15) is 0 Å². The SMILES string of the molecule is CCC(=S)NO[Si](c1ccccc1)(c1ccccc1)C(C)(C)C. The Kier molecular flexibility index (Phi) is 5.73. The first-order valence-corrected chi connectivity index (χ1v) is 10.3. The zero-order valence-corrected chi connectivity index (χ0v) is 16.1. The van der Waals surface area contributed by atoms with Crippen LogP contribution in [0.15, 0.2) is 60.7 Å². The van der Waals surface area contributed by atoms with Gasteiger partial charge in [-0.25, -0.2) is 0 Å². The van der Waals surface area contributed by atoms with E-state index in [0.29, 0.717) is 0 Å². The van der Waals surface area contributed by atoms with Gasteiger partial charge >= 0.3 is 0 Å².